The van der Waals surface area contributed by atoms with Gasteiger partial charge in [-0.05, 0) is 43.5 Å². The number of rotatable bonds is 4. The summed E-state index contributed by atoms with van der Waals surface area (Å²) in [4.78, 5) is 10.2. The second-order valence-corrected chi connectivity index (χ2v) is 8.36. The Kier molecular flexibility index (Phi) is 5.23. The second-order valence-electron chi connectivity index (χ2n) is 8.36. The van der Waals surface area contributed by atoms with E-state index in [9.17, 15) is 5.11 Å². The quantitative estimate of drug-likeness (QED) is 0.669. The molecular weight excluding hydrogens is 395 g/mol. The summed E-state index contributed by atoms with van der Waals surface area (Å²) in [5.74, 6) is 0.723. The van der Waals surface area contributed by atoms with E-state index in [1.54, 1.807) is 30.7 Å². The lowest BCUT2D eigenvalue weighted by atomic mass is 9.82. The van der Waals surface area contributed by atoms with Crippen LogP contribution in [0.5, 0.6) is 5.75 Å². The van der Waals surface area contributed by atoms with Crippen LogP contribution in [0.15, 0.2) is 48.9 Å². The minimum Gasteiger partial charge on any atom is -0.507 e. The second kappa shape index (κ2) is 8.19. The highest BCUT2D eigenvalue weighted by Crippen LogP contribution is 2.34. The molecule has 2 bridgehead atoms. The molecule has 2 aromatic heterocycles. The number of aromatic nitrogens is 4. The van der Waals surface area contributed by atoms with Gasteiger partial charge in [0.25, 0.3) is 0 Å². The third kappa shape index (κ3) is 3.83. The largest absolute Gasteiger partial charge is 0.507 e. The minimum absolute atomic E-state index is 0.0723. The summed E-state index contributed by atoms with van der Waals surface area (Å²) in [6, 6.07) is 9.03. The lowest BCUT2D eigenvalue weighted by Crippen LogP contribution is -2.61. The molecule has 0 aliphatic carbocycles. The van der Waals surface area contributed by atoms with Crippen LogP contribution in [-0.2, 0) is 0 Å². The van der Waals surface area contributed by atoms with Crippen LogP contribution in [-0.4, -0.2) is 56.6 Å². The van der Waals surface area contributed by atoms with Crippen LogP contribution in [0.4, 0.5) is 10.2 Å². The van der Waals surface area contributed by atoms with E-state index in [2.05, 4.69) is 25.5 Å². The molecule has 2 aliphatic heterocycles. The smallest absolute Gasteiger partial charge is 0.151 e. The topological polar surface area (TPSA) is 87.1 Å². The molecule has 2 aliphatic rings. The number of halogens is 1. The molecule has 160 valence electrons. The molecule has 8 heteroatoms. The Morgan fingerprint density at radius 1 is 1.10 bits per heavy atom. The molecule has 0 amide bonds. The van der Waals surface area contributed by atoms with Crippen molar-refractivity contribution in [3.63, 3.8) is 0 Å². The summed E-state index contributed by atoms with van der Waals surface area (Å²) in [6.45, 7) is 0. The van der Waals surface area contributed by atoms with E-state index in [-0.39, 0.29) is 17.8 Å². The van der Waals surface area contributed by atoms with Crippen molar-refractivity contribution in [2.24, 2.45) is 0 Å². The summed E-state index contributed by atoms with van der Waals surface area (Å²) in [7, 11) is 1.88. The van der Waals surface area contributed by atoms with Crippen LogP contribution in [0.25, 0.3) is 22.5 Å². The molecule has 4 atom stereocenters. The fourth-order valence-electron chi connectivity index (χ4n) is 4.73. The number of anilines is 1. The Hall–Kier alpha value is -3.13. The van der Waals surface area contributed by atoms with Crippen molar-refractivity contribution in [2.45, 2.75) is 50.0 Å². The van der Waals surface area contributed by atoms with Crippen LogP contribution < -0.4 is 10.2 Å². The third-order valence-corrected chi connectivity index (χ3v) is 6.44. The van der Waals surface area contributed by atoms with E-state index >= 15 is 4.39 Å². The number of aromatic hydroxyl groups is 1. The predicted molar refractivity (Wildman–Crippen MR) is 116 cm³/mol. The van der Waals surface area contributed by atoms with Gasteiger partial charge < -0.3 is 15.3 Å². The van der Waals surface area contributed by atoms with E-state index in [1.807, 2.05) is 30.1 Å². The predicted octanol–water partition coefficient (Wildman–Crippen LogP) is 3.36. The maximum absolute atomic E-state index is 15.0. The van der Waals surface area contributed by atoms with Gasteiger partial charge in [0.2, 0.25) is 0 Å². The molecule has 2 N–H and O–H groups in total. The van der Waals surface area contributed by atoms with E-state index in [1.165, 1.54) is 0 Å². The van der Waals surface area contributed by atoms with Gasteiger partial charge in [-0.3, -0.25) is 9.97 Å². The highest BCUT2D eigenvalue weighted by atomic mass is 19.1. The fourth-order valence-corrected chi connectivity index (χ4v) is 4.73. The summed E-state index contributed by atoms with van der Waals surface area (Å²) in [5, 5.41) is 22.6. The number of alkyl halides is 1. The molecule has 0 unspecified atom stereocenters. The van der Waals surface area contributed by atoms with Gasteiger partial charge in [0.15, 0.2) is 5.82 Å². The van der Waals surface area contributed by atoms with Crippen molar-refractivity contribution in [3.8, 4) is 28.3 Å². The molecule has 0 saturated carbocycles. The number of nitrogens with zero attached hydrogens (tertiary/aromatic N) is 5. The number of piperidine rings is 2. The van der Waals surface area contributed by atoms with Gasteiger partial charge in [0, 0.05) is 42.7 Å². The van der Waals surface area contributed by atoms with Crippen LogP contribution in [0, 0.1) is 0 Å². The Bertz CT molecular complexity index is 1050. The molecule has 2 fully saturated rings. The maximum atomic E-state index is 15.0. The van der Waals surface area contributed by atoms with Gasteiger partial charge in [-0.25, -0.2) is 4.39 Å². The van der Waals surface area contributed by atoms with Crippen molar-refractivity contribution in [3.05, 3.63) is 48.9 Å². The number of benzene rings is 1. The van der Waals surface area contributed by atoms with Crippen molar-refractivity contribution in [1.29, 1.82) is 0 Å². The Labute approximate surface area is 180 Å². The maximum Gasteiger partial charge on any atom is 0.151 e. The summed E-state index contributed by atoms with van der Waals surface area (Å²) in [5.41, 5.74) is 2.58. The highest BCUT2D eigenvalue weighted by molar-refractivity contribution is 5.72. The molecule has 3 aromatic rings. The van der Waals surface area contributed by atoms with E-state index in [0.29, 0.717) is 28.8 Å². The Morgan fingerprint density at radius 3 is 2.74 bits per heavy atom. The average Bonchev–Trinajstić information content (AvgIpc) is 2.82. The molecule has 2 saturated heterocycles. The normalized spacial score (nSPS) is 25.2. The third-order valence-electron chi connectivity index (χ3n) is 6.44. The zero-order valence-corrected chi connectivity index (χ0v) is 17.3. The zero-order valence-electron chi connectivity index (χ0n) is 17.3. The van der Waals surface area contributed by atoms with Crippen molar-refractivity contribution >= 4 is 5.82 Å². The average molecular weight is 420 g/mol. The fraction of sp³-hybridized carbons (Fsp3) is 0.391. The molecule has 31 heavy (non-hydrogen) atoms. The molecule has 5 rings (SSSR count). The molecule has 7 nitrogen and oxygen atoms in total. The zero-order chi connectivity index (χ0) is 21.4. The molecule has 4 heterocycles. The van der Waals surface area contributed by atoms with Gasteiger partial charge in [0.1, 0.15) is 11.9 Å². The summed E-state index contributed by atoms with van der Waals surface area (Å²) >= 11 is 0. The number of hydrogen-bond acceptors (Lipinski definition) is 7. The molecule has 0 spiro atoms. The van der Waals surface area contributed by atoms with Crippen LogP contribution in [0.1, 0.15) is 25.7 Å². The van der Waals surface area contributed by atoms with Gasteiger partial charge in [0.05, 0.1) is 23.6 Å². The Balaban J connectivity index is 1.35. The number of fused-ring (bicyclic) bond motifs is 2. The van der Waals surface area contributed by atoms with Crippen LogP contribution in [0.3, 0.4) is 0 Å². The van der Waals surface area contributed by atoms with E-state index in [0.717, 1.165) is 31.2 Å². The highest BCUT2D eigenvalue weighted by Gasteiger charge is 2.41. The summed E-state index contributed by atoms with van der Waals surface area (Å²) < 4.78 is 15.0. The first-order chi connectivity index (χ1) is 15.1. The lowest BCUT2D eigenvalue weighted by molar-refractivity contribution is 0.107. The van der Waals surface area contributed by atoms with Crippen molar-refractivity contribution in [2.75, 3.05) is 11.9 Å². The van der Waals surface area contributed by atoms with Crippen molar-refractivity contribution < 1.29 is 9.50 Å². The lowest BCUT2D eigenvalue weighted by Gasteiger charge is -2.46. The van der Waals surface area contributed by atoms with Gasteiger partial charge in [-0.1, -0.05) is 12.5 Å². The van der Waals surface area contributed by atoms with E-state index in [4.69, 9.17) is 0 Å². The SMILES string of the molecule is CN(c1ccc(-c2ccc(-c3cnccn3)cc2O)nn1)[C@@H]1C[C@@H]2CCC[C@@H](N2)[C@@H]1F. The van der Waals surface area contributed by atoms with Gasteiger partial charge in [-0.15, -0.1) is 10.2 Å². The minimum atomic E-state index is -0.930. The van der Waals surface area contributed by atoms with Gasteiger partial charge >= 0.3 is 0 Å². The number of phenolic OH excluding ortho intramolecular Hbond substituents is 1. The van der Waals surface area contributed by atoms with Crippen molar-refractivity contribution in [1.82, 2.24) is 25.5 Å². The van der Waals surface area contributed by atoms with Crippen LogP contribution in [0.2, 0.25) is 0 Å². The first-order valence-electron chi connectivity index (χ1n) is 10.7. The Morgan fingerprint density at radius 2 is 2.00 bits per heavy atom. The van der Waals surface area contributed by atoms with Gasteiger partial charge in [-0.2, -0.15) is 0 Å². The standard InChI is InChI=1S/C23H25FN6O/c1-30(20-12-15-3-2-4-18(27-15)23(20)24)22-8-7-17(28-29-22)16-6-5-14(11-21(16)31)19-13-25-9-10-26-19/h5-11,13,15,18,20,23,27,31H,2-4,12H2,1H3/t15-,18+,20+,23-/m0/s1. The molecule has 0 radical (unpaired) electrons. The van der Waals surface area contributed by atoms with Crippen LogP contribution >= 0.6 is 0 Å². The van der Waals surface area contributed by atoms with E-state index < -0.39 is 6.17 Å². The number of hydrogen-bond donors (Lipinski definition) is 2. The number of nitrogens with one attached hydrogen (secondary N) is 1. The first kappa shape index (κ1) is 19.8. The monoisotopic (exact) mass is 420 g/mol. The first-order valence-corrected chi connectivity index (χ1v) is 10.7. The molecule has 1 aromatic carbocycles. The number of phenols is 1. The summed E-state index contributed by atoms with van der Waals surface area (Å²) in [6.07, 6.45) is 7.77. The molecular formula is C23H25FN6O.